The molecule has 30 heavy (non-hydrogen) atoms. The van der Waals surface area contributed by atoms with E-state index in [1.165, 1.54) is 18.0 Å². The number of nitriles is 1. The first-order valence-corrected chi connectivity index (χ1v) is 10.4. The number of hydrogen-bond acceptors (Lipinski definition) is 5. The lowest BCUT2D eigenvalue weighted by Crippen LogP contribution is -2.60. The van der Waals surface area contributed by atoms with Crippen LogP contribution >= 0.6 is 23.4 Å². The molecular formula is C22H13ClN4O2S. The van der Waals surface area contributed by atoms with Crippen molar-refractivity contribution in [1.82, 2.24) is 10.3 Å². The van der Waals surface area contributed by atoms with E-state index in [9.17, 15) is 14.9 Å². The normalized spacial score (nSPS) is 20.5. The van der Waals surface area contributed by atoms with Gasteiger partial charge in [0.25, 0.3) is 5.91 Å². The second-order valence-electron chi connectivity index (χ2n) is 6.90. The van der Waals surface area contributed by atoms with Gasteiger partial charge in [-0.2, -0.15) is 5.26 Å². The molecule has 0 spiro atoms. The Bertz CT molecular complexity index is 1290. The maximum atomic E-state index is 13.3. The number of pyridine rings is 1. The zero-order chi connectivity index (χ0) is 20.8. The third-order valence-corrected chi connectivity index (χ3v) is 6.81. The molecular weight excluding hydrogens is 420 g/mol. The summed E-state index contributed by atoms with van der Waals surface area (Å²) in [5, 5.41) is 13.7. The Morgan fingerprint density at radius 1 is 1.17 bits per heavy atom. The third-order valence-electron chi connectivity index (χ3n) is 5.12. The molecule has 0 radical (unpaired) electrons. The van der Waals surface area contributed by atoms with E-state index in [4.69, 9.17) is 11.6 Å². The zero-order valence-corrected chi connectivity index (χ0v) is 16.9. The minimum absolute atomic E-state index is 0.314. The zero-order valence-electron chi connectivity index (χ0n) is 15.4. The number of imide groups is 1. The second kappa shape index (κ2) is 7.17. The van der Waals surface area contributed by atoms with Crippen molar-refractivity contribution in [2.75, 3.05) is 4.90 Å². The molecule has 3 amide bonds. The topological polar surface area (TPSA) is 86.1 Å². The number of halogens is 1. The summed E-state index contributed by atoms with van der Waals surface area (Å²) in [5.41, 5.74) is 1.60. The van der Waals surface area contributed by atoms with Gasteiger partial charge in [0.15, 0.2) is 0 Å². The predicted octanol–water partition coefficient (Wildman–Crippen LogP) is 4.34. The van der Waals surface area contributed by atoms with Crippen molar-refractivity contribution in [1.29, 1.82) is 5.26 Å². The molecule has 0 bridgehead atoms. The smallest absolute Gasteiger partial charge is 0.329 e. The Kier molecular flexibility index (Phi) is 4.46. The SMILES string of the molecule is N#Cc1ccc(Cl)c(C2=CC3NC(=O)N(c4cncc5ccccc45)C(=O)C3S2)c1. The first-order chi connectivity index (χ1) is 14.6. The number of benzene rings is 2. The molecule has 3 aromatic rings. The summed E-state index contributed by atoms with van der Waals surface area (Å²) >= 11 is 7.67. The number of fused-ring (bicyclic) bond motifs is 2. The minimum atomic E-state index is -0.529. The first-order valence-electron chi connectivity index (χ1n) is 9.12. The third kappa shape index (κ3) is 2.93. The van der Waals surface area contributed by atoms with E-state index in [-0.39, 0.29) is 5.91 Å². The number of rotatable bonds is 2. The fourth-order valence-corrected chi connectivity index (χ4v) is 5.27. The van der Waals surface area contributed by atoms with Crippen LogP contribution in [0.5, 0.6) is 0 Å². The van der Waals surface area contributed by atoms with Crippen LogP contribution in [0.4, 0.5) is 10.5 Å². The number of carbonyl (C=O) groups excluding carboxylic acids is 2. The van der Waals surface area contributed by atoms with Crippen molar-refractivity contribution < 1.29 is 9.59 Å². The Morgan fingerprint density at radius 2 is 2.00 bits per heavy atom. The quantitative estimate of drug-likeness (QED) is 0.650. The largest absolute Gasteiger partial charge is 0.329 e. The van der Waals surface area contributed by atoms with Crippen molar-refractivity contribution >= 4 is 56.7 Å². The molecule has 2 aliphatic heterocycles. The number of carbonyl (C=O) groups is 2. The van der Waals surface area contributed by atoms with E-state index < -0.39 is 17.3 Å². The number of thioether (sulfide) groups is 1. The number of nitrogens with one attached hydrogen (secondary N) is 1. The molecule has 1 fully saturated rings. The van der Waals surface area contributed by atoms with E-state index in [1.54, 1.807) is 24.4 Å². The average molecular weight is 433 g/mol. The molecule has 0 saturated carbocycles. The van der Waals surface area contributed by atoms with Gasteiger partial charge in [-0.05, 0) is 24.3 Å². The Morgan fingerprint density at radius 3 is 2.83 bits per heavy atom. The fraction of sp³-hybridized carbons (Fsp3) is 0.0909. The number of aromatic nitrogens is 1. The lowest BCUT2D eigenvalue weighted by Gasteiger charge is -2.33. The predicted molar refractivity (Wildman–Crippen MR) is 117 cm³/mol. The molecule has 2 aromatic carbocycles. The van der Waals surface area contributed by atoms with Crippen LogP contribution in [0.1, 0.15) is 11.1 Å². The lowest BCUT2D eigenvalue weighted by molar-refractivity contribution is -0.118. The van der Waals surface area contributed by atoms with Gasteiger partial charge in [0.05, 0.1) is 29.6 Å². The van der Waals surface area contributed by atoms with Crippen molar-refractivity contribution in [3.05, 3.63) is 77.1 Å². The van der Waals surface area contributed by atoms with Gasteiger partial charge in [0, 0.05) is 32.5 Å². The minimum Gasteiger partial charge on any atom is -0.329 e. The van der Waals surface area contributed by atoms with Crippen LogP contribution in [0.2, 0.25) is 5.02 Å². The highest BCUT2D eigenvalue weighted by Gasteiger charge is 2.45. The van der Waals surface area contributed by atoms with Crippen LogP contribution in [-0.4, -0.2) is 28.2 Å². The standard InChI is InChI=1S/C22H13ClN4O2S/c23-16-6-5-12(9-24)7-15(16)19-8-17-20(30-19)21(28)27(22(29)26-17)18-11-25-10-13-3-1-2-4-14(13)18/h1-8,10-11,17,20H,(H,26,29). The van der Waals surface area contributed by atoms with Gasteiger partial charge in [-0.3, -0.25) is 9.78 Å². The second-order valence-corrected chi connectivity index (χ2v) is 8.50. The molecule has 5 rings (SSSR count). The highest BCUT2D eigenvalue weighted by Crippen LogP contribution is 2.44. The molecule has 6 nitrogen and oxygen atoms in total. The molecule has 2 aliphatic rings. The van der Waals surface area contributed by atoms with E-state index in [0.29, 0.717) is 21.8 Å². The summed E-state index contributed by atoms with van der Waals surface area (Å²) in [6.45, 7) is 0. The van der Waals surface area contributed by atoms with Gasteiger partial charge >= 0.3 is 6.03 Å². The van der Waals surface area contributed by atoms with Crippen LogP contribution in [0.15, 0.2) is 60.9 Å². The van der Waals surface area contributed by atoms with Crippen molar-refractivity contribution in [2.24, 2.45) is 0 Å². The van der Waals surface area contributed by atoms with Gasteiger partial charge in [-0.25, -0.2) is 9.69 Å². The maximum Gasteiger partial charge on any atom is 0.329 e. The summed E-state index contributed by atoms with van der Waals surface area (Å²) in [6, 6.07) is 13.6. The molecule has 3 heterocycles. The molecule has 8 heteroatoms. The van der Waals surface area contributed by atoms with Gasteiger partial charge in [-0.1, -0.05) is 35.9 Å². The van der Waals surface area contributed by atoms with E-state index in [1.807, 2.05) is 30.3 Å². The first kappa shape index (κ1) is 18.7. The summed E-state index contributed by atoms with van der Waals surface area (Å²) in [4.78, 5) is 32.3. The van der Waals surface area contributed by atoms with E-state index >= 15 is 0 Å². The summed E-state index contributed by atoms with van der Waals surface area (Å²) in [5.74, 6) is -0.314. The van der Waals surface area contributed by atoms with Crippen LogP contribution in [0.3, 0.4) is 0 Å². The number of nitrogens with zero attached hydrogens (tertiary/aromatic N) is 3. The highest BCUT2D eigenvalue weighted by atomic mass is 35.5. The van der Waals surface area contributed by atoms with E-state index in [0.717, 1.165) is 20.6 Å². The van der Waals surface area contributed by atoms with Gasteiger partial charge in [-0.15, -0.1) is 11.8 Å². The Balaban J connectivity index is 1.51. The maximum absolute atomic E-state index is 13.3. The number of hydrogen-bond donors (Lipinski definition) is 1. The number of anilines is 1. The monoisotopic (exact) mass is 432 g/mol. The van der Waals surface area contributed by atoms with Crippen LogP contribution in [-0.2, 0) is 4.79 Å². The number of urea groups is 1. The van der Waals surface area contributed by atoms with Gasteiger partial charge < -0.3 is 5.32 Å². The summed E-state index contributed by atoms with van der Waals surface area (Å²) in [6.07, 6.45) is 5.05. The van der Waals surface area contributed by atoms with Crippen molar-refractivity contribution in [3.63, 3.8) is 0 Å². The Hall–Kier alpha value is -3.34. The number of amides is 3. The molecule has 0 aliphatic carbocycles. The lowest BCUT2D eigenvalue weighted by atomic mass is 10.1. The average Bonchev–Trinajstić information content (AvgIpc) is 3.18. The summed E-state index contributed by atoms with van der Waals surface area (Å²) in [7, 11) is 0. The van der Waals surface area contributed by atoms with Crippen molar-refractivity contribution in [2.45, 2.75) is 11.3 Å². The molecule has 1 saturated heterocycles. The van der Waals surface area contributed by atoms with Crippen molar-refractivity contribution in [3.8, 4) is 6.07 Å². The van der Waals surface area contributed by atoms with Gasteiger partial charge in [0.1, 0.15) is 5.25 Å². The highest BCUT2D eigenvalue weighted by molar-refractivity contribution is 8.09. The molecule has 146 valence electrons. The molecule has 2 unspecified atom stereocenters. The van der Waals surface area contributed by atoms with Gasteiger partial charge in [0.2, 0.25) is 0 Å². The molecule has 2 atom stereocenters. The summed E-state index contributed by atoms with van der Waals surface area (Å²) < 4.78 is 0. The Labute approximate surface area is 181 Å². The van der Waals surface area contributed by atoms with Crippen LogP contribution in [0.25, 0.3) is 15.7 Å². The molecule has 1 aromatic heterocycles. The van der Waals surface area contributed by atoms with Crippen LogP contribution in [0, 0.1) is 11.3 Å². The van der Waals surface area contributed by atoms with E-state index in [2.05, 4.69) is 16.4 Å². The molecule has 1 N–H and O–H groups in total. The fourth-order valence-electron chi connectivity index (χ4n) is 3.70. The van der Waals surface area contributed by atoms with Crippen LogP contribution < -0.4 is 10.2 Å².